The Morgan fingerprint density at radius 3 is 2.80 bits per heavy atom. The van der Waals surface area contributed by atoms with Crippen molar-refractivity contribution in [1.29, 1.82) is 0 Å². The molecule has 0 aromatic rings. The number of hydrogen-bond donors (Lipinski definition) is 0. The van der Waals surface area contributed by atoms with Gasteiger partial charge in [0.1, 0.15) is 6.17 Å². The summed E-state index contributed by atoms with van der Waals surface area (Å²) in [6, 6.07) is 0.123. The molecule has 0 spiro atoms. The van der Waals surface area contributed by atoms with Gasteiger partial charge in [0.05, 0.1) is 5.41 Å². The summed E-state index contributed by atoms with van der Waals surface area (Å²) < 4.78 is 13.1. The van der Waals surface area contributed by atoms with Crippen LogP contribution in [0.2, 0.25) is 0 Å². The average molecular weight is 234 g/mol. The molecule has 0 aromatic carbocycles. The summed E-state index contributed by atoms with van der Waals surface area (Å²) >= 11 is 5.84. The van der Waals surface area contributed by atoms with E-state index in [1.165, 1.54) is 0 Å². The molecule has 1 aliphatic heterocycles. The van der Waals surface area contributed by atoms with E-state index in [9.17, 15) is 9.18 Å². The largest absolute Gasteiger partial charge is 0.338 e. The third-order valence-corrected chi connectivity index (χ3v) is 4.05. The highest BCUT2D eigenvalue weighted by Crippen LogP contribution is 2.50. The van der Waals surface area contributed by atoms with E-state index in [-0.39, 0.29) is 11.9 Å². The van der Waals surface area contributed by atoms with Crippen LogP contribution in [0.4, 0.5) is 4.39 Å². The number of carbonyl (C=O) groups is 1. The Morgan fingerprint density at radius 1 is 1.60 bits per heavy atom. The van der Waals surface area contributed by atoms with Crippen molar-refractivity contribution in [3.63, 3.8) is 0 Å². The van der Waals surface area contributed by atoms with Crippen molar-refractivity contribution in [2.75, 3.05) is 12.4 Å². The summed E-state index contributed by atoms with van der Waals surface area (Å²) in [6.07, 6.45) is 2.55. The Balaban J connectivity index is 2.05. The highest BCUT2D eigenvalue weighted by molar-refractivity contribution is 6.18. The number of rotatable bonds is 2. The maximum Gasteiger partial charge on any atom is 0.231 e. The third kappa shape index (κ3) is 1.86. The van der Waals surface area contributed by atoms with Gasteiger partial charge in [0.15, 0.2) is 0 Å². The first-order valence-electron chi connectivity index (χ1n) is 5.60. The first-order valence-corrected chi connectivity index (χ1v) is 6.14. The van der Waals surface area contributed by atoms with Gasteiger partial charge >= 0.3 is 0 Å². The minimum absolute atomic E-state index is 0.0275. The molecule has 2 aliphatic rings. The van der Waals surface area contributed by atoms with Crippen LogP contribution in [0, 0.1) is 5.41 Å². The van der Waals surface area contributed by atoms with Gasteiger partial charge < -0.3 is 4.90 Å². The number of hydrogen-bond acceptors (Lipinski definition) is 1. The molecule has 15 heavy (non-hydrogen) atoms. The van der Waals surface area contributed by atoms with E-state index in [4.69, 9.17) is 11.6 Å². The van der Waals surface area contributed by atoms with Gasteiger partial charge in [-0.25, -0.2) is 4.39 Å². The zero-order chi connectivity index (χ0) is 11.1. The molecule has 1 heterocycles. The molecule has 1 saturated heterocycles. The molecule has 0 N–H and O–H groups in total. The van der Waals surface area contributed by atoms with Crippen molar-refractivity contribution in [1.82, 2.24) is 4.90 Å². The summed E-state index contributed by atoms with van der Waals surface area (Å²) in [5, 5.41) is 0. The Hall–Kier alpha value is -0.310. The Morgan fingerprint density at radius 2 is 2.27 bits per heavy atom. The Kier molecular flexibility index (Phi) is 2.93. The van der Waals surface area contributed by atoms with Crippen molar-refractivity contribution in [3.05, 3.63) is 0 Å². The second-order valence-corrected chi connectivity index (χ2v) is 5.20. The standard InChI is InChI=1S/C11H17ClFNO/c1-11(6-9(11)13)10(15)14-5-3-2-4-8(14)7-12/h8-9H,2-7H2,1H3. The molecule has 2 nitrogen and oxygen atoms in total. The lowest BCUT2D eigenvalue weighted by Gasteiger charge is -2.36. The Bertz CT molecular complexity index is 273. The third-order valence-electron chi connectivity index (χ3n) is 3.69. The van der Waals surface area contributed by atoms with E-state index in [1.807, 2.05) is 0 Å². The minimum atomic E-state index is -0.942. The SMILES string of the molecule is CC1(C(=O)N2CCCCC2CCl)CC1F. The van der Waals surface area contributed by atoms with Gasteiger partial charge in [-0.15, -0.1) is 11.6 Å². The van der Waals surface area contributed by atoms with Crippen molar-refractivity contribution >= 4 is 17.5 Å². The fourth-order valence-corrected chi connectivity index (χ4v) is 2.61. The van der Waals surface area contributed by atoms with E-state index in [2.05, 4.69) is 0 Å². The summed E-state index contributed by atoms with van der Waals surface area (Å²) in [5.74, 6) is 0.444. The number of likely N-dealkylation sites (tertiary alicyclic amines) is 1. The molecule has 0 bridgehead atoms. The minimum Gasteiger partial charge on any atom is -0.338 e. The van der Waals surface area contributed by atoms with Crippen LogP contribution in [-0.2, 0) is 4.79 Å². The summed E-state index contributed by atoms with van der Waals surface area (Å²) in [7, 11) is 0. The molecule has 0 radical (unpaired) electrons. The molecular weight excluding hydrogens is 217 g/mol. The van der Waals surface area contributed by atoms with E-state index in [1.54, 1.807) is 11.8 Å². The van der Waals surface area contributed by atoms with Crippen molar-refractivity contribution in [2.24, 2.45) is 5.41 Å². The van der Waals surface area contributed by atoms with Crippen LogP contribution in [0.15, 0.2) is 0 Å². The van der Waals surface area contributed by atoms with Gasteiger partial charge in [-0.05, 0) is 32.6 Å². The number of amides is 1. The van der Waals surface area contributed by atoms with Gasteiger partial charge in [0.2, 0.25) is 5.91 Å². The molecule has 0 aromatic heterocycles. The first-order chi connectivity index (χ1) is 7.09. The van der Waals surface area contributed by atoms with Crippen LogP contribution >= 0.6 is 11.6 Å². The molecule has 1 amide bonds. The lowest BCUT2D eigenvalue weighted by atomic mass is 9.99. The van der Waals surface area contributed by atoms with E-state index < -0.39 is 11.6 Å². The van der Waals surface area contributed by atoms with Crippen LogP contribution in [0.25, 0.3) is 0 Å². The zero-order valence-corrected chi connectivity index (χ0v) is 9.76. The second kappa shape index (κ2) is 3.93. The lowest BCUT2D eigenvalue weighted by molar-refractivity contribution is -0.140. The van der Waals surface area contributed by atoms with Crippen LogP contribution in [0.3, 0.4) is 0 Å². The normalized spacial score (nSPS) is 40.3. The Labute approximate surface area is 94.8 Å². The zero-order valence-electron chi connectivity index (χ0n) is 9.01. The van der Waals surface area contributed by atoms with Gasteiger partial charge in [0.25, 0.3) is 0 Å². The molecule has 1 aliphatic carbocycles. The number of carbonyl (C=O) groups excluding carboxylic acids is 1. The quantitative estimate of drug-likeness (QED) is 0.671. The predicted molar refractivity (Wildman–Crippen MR) is 57.7 cm³/mol. The molecule has 3 atom stereocenters. The number of alkyl halides is 2. The van der Waals surface area contributed by atoms with E-state index in [0.717, 1.165) is 25.8 Å². The number of halogens is 2. The van der Waals surface area contributed by atoms with Gasteiger partial charge in [0, 0.05) is 18.5 Å². The fraction of sp³-hybridized carbons (Fsp3) is 0.909. The maximum atomic E-state index is 13.1. The lowest BCUT2D eigenvalue weighted by Crippen LogP contribution is -2.48. The molecule has 3 unspecified atom stereocenters. The summed E-state index contributed by atoms with van der Waals surface area (Å²) in [5.41, 5.74) is -0.734. The van der Waals surface area contributed by atoms with Crippen molar-refractivity contribution in [2.45, 2.75) is 44.8 Å². The smallest absolute Gasteiger partial charge is 0.231 e. The highest BCUT2D eigenvalue weighted by Gasteiger charge is 2.59. The average Bonchev–Trinajstić information content (AvgIpc) is 2.87. The number of piperidine rings is 1. The summed E-state index contributed by atoms with van der Waals surface area (Å²) in [6.45, 7) is 2.47. The summed E-state index contributed by atoms with van der Waals surface area (Å²) in [4.78, 5) is 13.9. The van der Waals surface area contributed by atoms with Gasteiger partial charge in [-0.2, -0.15) is 0 Å². The highest BCUT2D eigenvalue weighted by atomic mass is 35.5. The van der Waals surface area contributed by atoms with Crippen LogP contribution in [0.1, 0.15) is 32.6 Å². The van der Waals surface area contributed by atoms with Crippen LogP contribution < -0.4 is 0 Å². The van der Waals surface area contributed by atoms with E-state index in [0.29, 0.717) is 12.3 Å². The van der Waals surface area contributed by atoms with Crippen LogP contribution in [-0.4, -0.2) is 35.4 Å². The second-order valence-electron chi connectivity index (χ2n) is 4.89. The first kappa shape index (κ1) is 11.2. The predicted octanol–water partition coefficient (Wildman–Crippen LogP) is 2.35. The van der Waals surface area contributed by atoms with Crippen LogP contribution in [0.5, 0.6) is 0 Å². The van der Waals surface area contributed by atoms with E-state index >= 15 is 0 Å². The van der Waals surface area contributed by atoms with Gasteiger partial charge in [-0.1, -0.05) is 0 Å². The topological polar surface area (TPSA) is 20.3 Å². The molecular formula is C11H17ClFNO. The van der Waals surface area contributed by atoms with Crippen molar-refractivity contribution in [3.8, 4) is 0 Å². The van der Waals surface area contributed by atoms with Gasteiger partial charge in [-0.3, -0.25) is 4.79 Å². The molecule has 4 heteroatoms. The fourth-order valence-electron chi connectivity index (χ4n) is 2.29. The maximum absolute atomic E-state index is 13.1. The molecule has 1 saturated carbocycles. The molecule has 2 fully saturated rings. The molecule has 2 rings (SSSR count). The number of nitrogens with zero attached hydrogens (tertiary/aromatic N) is 1. The van der Waals surface area contributed by atoms with Crippen molar-refractivity contribution < 1.29 is 9.18 Å². The molecule has 86 valence electrons. The monoisotopic (exact) mass is 233 g/mol.